The van der Waals surface area contributed by atoms with E-state index in [-0.39, 0.29) is 5.91 Å². The Hall–Kier alpha value is -4.29. The van der Waals surface area contributed by atoms with Crippen molar-refractivity contribution in [2.24, 2.45) is 5.11 Å². The van der Waals surface area contributed by atoms with Crippen LogP contribution in [-0.2, 0) is 0 Å². The maximum absolute atomic E-state index is 12.9. The highest BCUT2D eigenvalue weighted by Gasteiger charge is 2.20. The molecule has 1 N–H and O–H groups in total. The van der Waals surface area contributed by atoms with Gasteiger partial charge in [0.15, 0.2) is 0 Å². The highest BCUT2D eigenvalue weighted by atomic mass is 16.3. The van der Waals surface area contributed by atoms with Crippen LogP contribution < -0.4 is 20.1 Å². The maximum Gasteiger partial charge on any atom is 0.251 e. The van der Waals surface area contributed by atoms with Crippen LogP contribution in [0.1, 0.15) is 41.6 Å². The average Bonchev–Trinajstić information content (AvgIpc) is 2.92. The van der Waals surface area contributed by atoms with Crippen molar-refractivity contribution in [1.29, 1.82) is 0 Å². The molecule has 0 spiro atoms. The molecule has 1 aliphatic carbocycles. The summed E-state index contributed by atoms with van der Waals surface area (Å²) in [5, 5.41) is 8.69. The second-order valence-corrected chi connectivity index (χ2v) is 10.3. The first-order chi connectivity index (χ1) is 18.8. The van der Waals surface area contributed by atoms with Gasteiger partial charge in [-0.2, -0.15) is 0 Å². The van der Waals surface area contributed by atoms with E-state index in [1.807, 2.05) is 46.4 Å². The van der Waals surface area contributed by atoms with Crippen LogP contribution in [0.3, 0.4) is 0 Å². The minimum Gasteiger partial charge on any atom is -0.456 e. The third-order valence-electron chi connectivity index (χ3n) is 7.01. The van der Waals surface area contributed by atoms with E-state index in [0.717, 1.165) is 75.7 Å². The highest BCUT2D eigenvalue weighted by Crippen LogP contribution is 2.41. The molecule has 0 saturated carbocycles. The van der Waals surface area contributed by atoms with Crippen LogP contribution in [0.15, 0.2) is 64.1 Å². The molecule has 8 nitrogen and oxygen atoms in total. The second-order valence-electron chi connectivity index (χ2n) is 10.3. The van der Waals surface area contributed by atoms with Crippen molar-refractivity contribution in [3.63, 3.8) is 0 Å². The molecule has 0 atom stereocenters. The zero-order valence-corrected chi connectivity index (χ0v) is 23.5. The lowest BCUT2D eigenvalue weighted by Gasteiger charge is -2.19. The van der Waals surface area contributed by atoms with Crippen molar-refractivity contribution in [3.8, 4) is 22.5 Å². The summed E-state index contributed by atoms with van der Waals surface area (Å²) in [7, 11) is 8.08. The number of nitrogens with one attached hydrogen (secondary N) is 1. The number of hydrogen-bond acceptors (Lipinski definition) is 4. The van der Waals surface area contributed by atoms with Gasteiger partial charge in [-0.25, -0.2) is 4.58 Å². The number of nitrogens with zero attached hydrogens (tertiary/aromatic N) is 5. The molecule has 0 aromatic heterocycles. The molecule has 8 heteroatoms. The van der Waals surface area contributed by atoms with Crippen molar-refractivity contribution < 1.29 is 9.21 Å². The number of benzene rings is 3. The highest BCUT2D eigenvalue weighted by molar-refractivity contribution is 6.04. The fraction of sp³-hybridized carbons (Fsp3) is 0.355. The Morgan fingerprint density at radius 1 is 1.00 bits per heavy atom. The summed E-state index contributed by atoms with van der Waals surface area (Å²) in [6.07, 6.45) is 3.75. The number of aryl methyl sites for hydroxylation is 1. The molecule has 202 valence electrons. The van der Waals surface area contributed by atoms with Crippen molar-refractivity contribution in [3.05, 3.63) is 81.5 Å². The largest absolute Gasteiger partial charge is 0.456 e. The molecule has 1 aliphatic heterocycles. The van der Waals surface area contributed by atoms with Gasteiger partial charge in [-0.3, -0.25) is 4.79 Å². The van der Waals surface area contributed by atoms with E-state index in [4.69, 9.17) is 9.95 Å². The monoisotopic (exact) mass is 525 g/mol. The number of unbranched alkanes of at least 4 members (excludes halogenated alkanes) is 3. The predicted molar refractivity (Wildman–Crippen MR) is 159 cm³/mol. The number of anilines is 1. The number of rotatable bonds is 10. The van der Waals surface area contributed by atoms with Crippen LogP contribution in [0, 0.1) is 6.92 Å². The molecular formula is C31H37N6O2+. The summed E-state index contributed by atoms with van der Waals surface area (Å²) in [5.74, 6) is 0.753. The molecule has 4 rings (SSSR count). The van der Waals surface area contributed by atoms with Gasteiger partial charge in [-0.05, 0) is 66.8 Å². The molecule has 2 aliphatic rings. The summed E-state index contributed by atoms with van der Waals surface area (Å²) < 4.78 is 8.51. The number of hydrogen-bond donors (Lipinski definition) is 1. The molecular weight excluding hydrogens is 488 g/mol. The smallest absolute Gasteiger partial charge is 0.251 e. The van der Waals surface area contributed by atoms with E-state index >= 15 is 0 Å². The quantitative estimate of drug-likeness (QED) is 0.0665. The SMILES string of the molecule is Cc1cc(C(=O)NCCCCCCN=[N+]=[N-])ccc1-c1c2ccc(=[N+](C)C)cc-2oc2cc(N(C)C)ccc12. The van der Waals surface area contributed by atoms with Gasteiger partial charge in [0, 0.05) is 72.0 Å². The van der Waals surface area contributed by atoms with Crippen LogP contribution in [0.25, 0.3) is 43.9 Å². The molecule has 2 aromatic carbocycles. The van der Waals surface area contributed by atoms with Gasteiger partial charge < -0.3 is 14.6 Å². The van der Waals surface area contributed by atoms with Gasteiger partial charge in [-0.15, -0.1) is 0 Å². The summed E-state index contributed by atoms with van der Waals surface area (Å²) in [6, 6.07) is 18.5. The summed E-state index contributed by atoms with van der Waals surface area (Å²) >= 11 is 0. The van der Waals surface area contributed by atoms with E-state index < -0.39 is 0 Å². The Balaban J connectivity index is 1.65. The standard InChI is InChI=1S/C31H36N6O2/c1-21-18-22(31(38)33-16-8-6-7-9-17-34-35-32)10-13-25(21)30-26-14-11-23(36(2)3)19-28(26)39-29-20-24(37(4)5)12-15-27(29)30/h10-15,18-20H,6-9,16-17H2,1-5H3/p+1. The molecule has 39 heavy (non-hydrogen) atoms. The fourth-order valence-corrected chi connectivity index (χ4v) is 4.81. The normalized spacial score (nSPS) is 10.9. The lowest BCUT2D eigenvalue weighted by atomic mass is 9.90. The third kappa shape index (κ3) is 6.41. The van der Waals surface area contributed by atoms with Crippen molar-refractivity contribution in [2.45, 2.75) is 32.6 Å². The molecule has 1 heterocycles. The molecule has 2 aromatic rings. The van der Waals surface area contributed by atoms with Gasteiger partial charge in [-0.1, -0.05) is 24.0 Å². The number of carbonyl (C=O) groups is 1. The Morgan fingerprint density at radius 3 is 2.49 bits per heavy atom. The zero-order valence-electron chi connectivity index (χ0n) is 23.5. The molecule has 0 radical (unpaired) electrons. The van der Waals surface area contributed by atoms with Crippen LogP contribution in [-0.4, -0.2) is 47.2 Å². The Labute approximate surface area is 229 Å². The van der Waals surface area contributed by atoms with E-state index in [9.17, 15) is 4.79 Å². The molecule has 1 amide bonds. The lowest BCUT2D eigenvalue weighted by molar-refractivity contribution is 0.0953. The van der Waals surface area contributed by atoms with Crippen LogP contribution >= 0.6 is 0 Å². The van der Waals surface area contributed by atoms with Gasteiger partial charge in [0.1, 0.15) is 25.4 Å². The topological polar surface area (TPSA) is 97.2 Å². The van der Waals surface area contributed by atoms with E-state index in [1.54, 1.807) is 0 Å². The van der Waals surface area contributed by atoms with Crippen molar-refractivity contribution in [1.82, 2.24) is 9.89 Å². The van der Waals surface area contributed by atoms with Gasteiger partial charge in [0.05, 0.1) is 6.07 Å². The van der Waals surface area contributed by atoms with E-state index in [1.165, 1.54) is 0 Å². The minimum atomic E-state index is -0.0669. The summed E-state index contributed by atoms with van der Waals surface area (Å²) in [5.41, 5.74) is 15.1. The molecule has 0 saturated heterocycles. The molecule has 0 unspecified atom stereocenters. The van der Waals surface area contributed by atoms with Crippen LogP contribution in [0.2, 0.25) is 0 Å². The Morgan fingerprint density at radius 2 is 1.77 bits per heavy atom. The van der Waals surface area contributed by atoms with Crippen LogP contribution in [0.4, 0.5) is 5.69 Å². The zero-order chi connectivity index (χ0) is 27.9. The van der Waals surface area contributed by atoms with E-state index in [0.29, 0.717) is 18.7 Å². The molecule has 0 fully saturated rings. The van der Waals surface area contributed by atoms with E-state index in [2.05, 4.69) is 68.1 Å². The first-order valence-electron chi connectivity index (χ1n) is 13.4. The lowest BCUT2D eigenvalue weighted by Crippen LogP contribution is -2.24. The number of fused-ring (bicyclic) bond motifs is 2. The first kappa shape index (κ1) is 27.7. The summed E-state index contributed by atoms with van der Waals surface area (Å²) in [6.45, 7) is 3.21. The Kier molecular flexibility index (Phi) is 8.89. The minimum absolute atomic E-state index is 0.0669. The van der Waals surface area contributed by atoms with Crippen molar-refractivity contribution in [2.75, 3.05) is 46.2 Å². The van der Waals surface area contributed by atoms with Crippen LogP contribution in [0.5, 0.6) is 0 Å². The van der Waals surface area contributed by atoms with Gasteiger partial charge in [0.25, 0.3) is 5.91 Å². The van der Waals surface area contributed by atoms with Gasteiger partial charge >= 0.3 is 0 Å². The van der Waals surface area contributed by atoms with Crippen molar-refractivity contribution >= 4 is 22.6 Å². The number of azide groups is 1. The third-order valence-corrected chi connectivity index (χ3v) is 7.01. The first-order valence-corrected chi connectivity index (χ1v) is 13.4. The average molecular weight is 526 g/mol. The Bertz CT molecular complexity index is 1580. The fourth-order valence-electron chi connectivity index (χ4n) is 4.81. The second kappa shape index (κ2) is 12.5. The van der Waals surface area contributed by atoms with Gasteiger partial charge in [0.2, 0.25) is 5.36 Å². The summed E-state index contributed by atoms with van der Waals surface area (Å²) in [4.78, 5) is 17.7. The maximum atomic E-state index is 12.9. The number of amides is 1. The number of carbonyl (C=O) groups excluding carboxylic acids is 1. The predicted octanol–water partition coefficient (Wildman–Crippen LogP) is 6.21. The molecule has 0 bridgehead atoms.